The van der Waals surface area contributed by atoms with Crippen LogP contribution in [0.15, 0.2) is 12.4 Å². The molecule has 0 fully saturated rings. The summed E-state index contributed by atoms with van der Waals surface area (Å²) in [5, 5.41) is 0. The minimum Gasteiger partial charge on any atom is -0.664 e. The Morgan fingerprint density at radius 3 is 2.10 bits per heavy atom. The van der Waals surface area contributed by atoms with E-state index in [0.29, 0.717) is 13.2 Å². The van der Waals surface area contributed by atoms with Crippen molar-refractivity contribution in [2.75, 3.05) is 13.2 Å². The van der Waals surface area contributed by atoms with E-state index in [4.69, 9.17) is 9.47 Å². The Balaban J connectivity index is 0.000000500. The van der Waals surface area contributed by atoms with Gasteiger partial charge in [0.1, 0.15) is 24.7 Å². The molecule has 0 aliphatic carbocycles. The molecule has 10 heavy (non-hydrogen) atoms. The quantitative estimate of drug-likeness (QED) is 0.625. The van der Waals surface area contributed by atoms with Gasteiger partial charge in [0.25, 0.3) is 0 Å². The maximum atomic E-state index is 5.18. The third-order valence-electron chi connectivity index (χ3n) is 1.22. The van der Waals surface area contributed by atoms with Crippen molar-refractivity contribution in [3.63, 3.8) is 0 Å². The van der Waals surface area contributed by atoms with E-state index in [1.807, 2.05) is 0 Å². The Hall–Kier alpha value is -0.0161. The summed E-state index contributed by atoms with van der Waals surface area (Å²) < 4.78 is 10.4. The topological polar surface area (TPSA) is 32.6 Å². The van der Waals surface area contributed by atoms with Crippen molar-refractivity contribution in [2.45, 2.75) is 0 Å². The average Bonchev–Trinajstić information content (AvgIpc) is 2.33. The van der Waals surface area contributed by atoms with Gasteiger partial charge in [0.05, 0.1) is 0 Å². The van der Waals surface area contributed by atoms with Gasteiger partial charge in [-0.3, -0.25) is 0 Å². The number of rotatable bonds is 0. The van der Waals surface area contributed by atoms with Crippen molar-refractivity contribution in [3.05, 3.63) is 12.4 Å². The summed E-state index contributed by atoms with van der Waals surface area (Å²) in [6.07, 6.45) is 3.32. The van der Waals surface area contributed by atoms with Crippen LogP contribution in [0.5, 0.6) is 11.5 Å². The van der Waals surface area contributed by atoms with Crippen LogP contribution in [0.25, 0.3) is 0 Å². The molecule has 0 atom stereocenters. The first-order valence-electron chi connectivity index (χ1n) is 2.83. The minimum atomic E-state index is 0. The Kier molecular flexibility index (Phi) is 2.75. The molecule has 0 unspecified atom stereocenters. The second-order valence-electron chi connectivity index (χ2n) is 1.83. The van der Waals surface area contributed by atoms with Crippen LogP contribution >= 0.6 is 0 Å². The standard InChI is InChI=1S/C6H6NO2.Y/c1-2-9-6-4-7-3-5(6)8-1;/h3-4H,1-2H2;/q-1;. The van der Waals surface area contributed by atoms with Crippen molar-refractivity contribution < 1.29 is 42.2 Å². The molecule has 2 heterocycles. The first-order valence-corrected chi connectivity index (χ1v) is 2.83. The molecule has 0 saturated heterocycles. The van der Waals surface area contributed by atoms with Crippen LogP contribution in [0.1, 0.15) is 0 Å². The molecule has 51 valence electrons. The van der Waals surface area contributed by atoms with Crippen molar-refractivity contribution >= 4 is 0 Å². The summed E-state index contributed by atoms with van der Waals surface area (Å²) >= 11 is 0. The fourth-order valence-electron chi connectivity index (χ4n) is 0.820. The number of hydrogen-bond acceptors (Lipinski definition) is 2. The van der Waals surface area contributed by atoms with Gasteiger partial charge in [-0.25, -0.2) is 0 Å². The van der Waals surface area contributed by atoms with Gasteiger partial charge in [-0.15, -0.1) is 12.4 Å². The second-order valence-corrected chi connectivity index (χ2v) is 1.83. The van der Waals surface area contributed by atoms with Crippen molar-refractivity contribution in [2.24, 2.45) is 0 Å². The van der Waals surface area contributed by atoms with Crippen LogP contribution in [0, 0.1) is 0 Å². The molecule has 3 nitrogen and oxygen atoms in total. The van der Waals surface area contributed by atoms with E-state index >= 15 is 0 Å². The number of ether oxygens (including phenoxy) is 2. The first-order chi connectivity index (χ1) is 4.47. The van der Waals surface area contributed by atoms with E-state index in [0.717, 1.165) is 11.5 Å². The monoisotopic (exact) mass is 213 g/mol. The zero-order valence-electron chi connectivity index (χ0n) is 5.41. The number of hydrogen-bond donors (Lipinski definition) is 0. The Bertz CT molecular complexity index is 191. The van der Waals surface area contributed by atoms with Crippen LogP contribution < -0.4 is 14.5 Å². The van der Waals surface area contributed by atoms with Crippen LogP contribution in [0.2, 0.25) is 0 Å². The molecule has 1 radical (unpaired) electrons. The van der Waals surface area contributed by atoms with Gasteiger partial charge in [0.15, 0.2) is 0 Å². The summed E-state index contributed by atoms with van der Waals surface area (Å²) in [7, 11) is 0. The van der Waals surface area contributed by atoms with Crippen LogP contribution in [0.4, 0.5) is 0 Å². The molecule has 0 N–H and O–H groups in total. The van der Waals surface area contributed by atoms with Crippen molar-refractivity contribution in [1.29, 1.82) is 0 Å². The second kappa shape index (κ2) is 3.40. The van der Waals surface area contributed by atoms with Gasteiger partial charge >= 0.3 is 0 Å². The number of fused-ring (bicyclic) bond motifs is 1. The van der Waals surface area contributed by atoms with E-state index in [2.05, 4.69) is 4.98 Å². The van der Waals surface area contributed by atoms with Crippen LogP contribution in [-0.2, 0) is 32.7 Å². The van der Waals surface area contributed by atoms with Crippen molar-refractivity contribution in [1.82, 2.24) is 4.98 Å². The third-order valence-corrected chi connectivity index (χ3v) is 1.22. The number of nitrogens with zero attached hydrogens (tertiary/aromatic N) is 1. The largest absolute Gasteiger partial charge is 0.664 e. The third kappa shape index (κ3) is 1.35. The van der Waals surface area contributed by atoms with E-state index in [1.165, 1.54) is 0 Å². The summed E-state index contributed by atoms with van der Waals surface area (Å²) in [5.41, 5.74) is 0. The predicted octanol–water partition coefficient (Wildman–Crippen LogP) is 0.412. The molecule has 2 rings (SSSR count). The zero-order chi connectivity index (χ0) is 6.10. The molecule has 4 heteroatoms. The smallest absolute Gasteiger partial charge is 0.137 e. The molecule has 1 aromatic heterocycles. The summed E-state index contributed by atoms with van der Waals surface area (Å²) in [6.45, 7) is 1.28. The maximum Gasteiger partial charge on any atom is 0.137 e. The van der Waals surface area contributed by atoms with E-state index in [9.17, 15) is 0 Å². The molecule has 1 aliphatic rings. The van der Waals surface area contributed by atoms with Gasteiger partial charge < -0.3 is 14.5 Å². The fraction of sp³-hybridized carbons (Fsp3) is 0.333. The molecular formula is C6H6NO2Y-. The molecule has 0 bridgehead atoms. The van der Waals surface area contributed by atoms with Gasteiger partial charge in [-0.2, -0.15) is 0 Å². The first kappa shape index (κ1) is 8.08. The van der Waals surface area contributed by atoms with Crippen LogP contribution in [-0.4, -0.2) is 13.2 Å². The summed E-state index contributed by atoms with van der Waals surface area (Å²) in [5.74, 6) is 1.53. The van der Waals surface area contributed by atoms with Gasteiger partial charge in [-0.1, -0.05) is 0 Å². The summed E-state index contributed by atoms with van der Waals surface area (Å²) in [6, 6.07) is 0. The van der Waals surface area contributed by atoms with Gasteiger partial charge in [-0.05, 0) is 0 Å². The van der Waals surface area contributed by atoms with E-state index in [-0.39, 0.29) is 32.7 Å². The minimum absolute atomic E-state index is 0. The summed E-state index contributed by atoms with van der Waals surface area (Å²) in [4.78, 5) is 3.85. The molecule has 0 saturated carbocycles. The molecule has 0 spiro atoms. The van der Waals surface area contributed by atoms with Gasteiger partial charge in [0, 0.05) is 32.7 Å². The van der Waals surface area contributed by atoms with E-state index in [1.54, 1.807) is 12.4 Å². The predicted molar refractivity (Wildman–Crippen MR) is 30.8 cm³/mol. The van der Waals surface area contributed by atoms with Gasteiger partial charge in [0.2, 0.25) is 0 Å². The van der Waals surface area contributed by atoms with E-state index < -0.39 is 0 Å². The Morgan fingerprint density at radius 2 is 1.60 bits per heavy atom. The number of aromatic nitrogens is 1. The van der Waals surface area contributed by atoms with Crippen LogP contribution in [0.3, 0.4) is 0 Å². The van der Waals surface area contributed by atoms with Crippen molar-refractivity contribution in [3.8, 4) is 11.5 Å². The molecular weight excluding hydrogens is 207 g/mol. The Labute approximate surface area is 84.0 Å². The Morgan fingerprint density at radius 1 is 1.10 bits per heavy atom. The normalized spacial score (nSPS) is 14.0. The SMILES string of the molecule is [Y].c1[n-]cc2c1OCCO2. The molecule has 0 amide bonds. The average molecular weight is 213 g/mol. The fourth-order valence-corrected chi connectivity index (χ4v) is 0.820. The molecule has 1 aromatic rings. The zero-order valence-corrected chi connectivity index (χ0v) is 8.25. The maximum absolute atomic E-state index is 5.18. The molecule has 0 aromatic carbocycles. The molecule has 1 aliphatic heterocycles.